The zero-order chi connectivity index (χ0) is 13.1. The summed E-state index contributed by atoms with van der Waals surface area (Å²) in [5, 5.41) is 0. The van der Waals surface area contributed by atoms with Crippen LogP contribution in [0.4, 0.5) is 0 Å². The molecule has 0 amide bonds. The van der Waals surface area contributed by atoms with Crippen LogP contribution in [0, 0.1) is 5.92 Å². The summed E-state index contributed by atoms with van der Waals surface area (Å²) >= 11 is 5.07. The number of thiocarbonyl (C=S) groups is 1. The van der Waals surface area contributed by atoms with Crippen LogP contribution in [-0.2, 0) is 6.54 Å². The molecule has 1 aliphatic rings. The highest BCUT2D eigenvalue weighted by Crippen LogP contribution is 2.24. The molecule has 98 valence electrons. The van der Waals surface area contributed by atoms with Gasteiger partial charge in [-0.2, -0.15) is 0 Å². The average molecular weight is 263 g/mol. The first-order chi connectivity index (χ1) is 8.59. The number of nitrogens with two attached hydrogens (primary N) is 1. The number of piperidine rings is 1. The minimum atomic E-state index is 0.392. The number of hydrogen-bond acceptors (Lipinski definition) is 3. The number of nitrogens with zero attached hydrogens (tertiary/aromatic N) is 2. The Bertz CT molecular complexity index is 433. The van der Waals surface area contributed by atoms with E-state index in [-0.39, 0.29) is 0 Å². The van der Waals surface area contributed by atoms with E-state index in [9.17, 15) is 0 Å². The Kier molecular flexibility index (Phi) is 4.30. The fourth-order valence-corrected chi connectivity index (χ4v) is 2.83. The normalized spacial score (nSPS) is 25.0. The smallest absolute Gasteiger partial charge is 0.123 e. The van der Waals surface area contributed by atoms with Crippen molar-refractivity contribution in [3.63, 3.8) is 0 Å². The van der Waals surface area contributed by atoms with Crippen molar-refractivity contribution in [1.82, 2.24) is 9.88 Å². The topological polar surface area (TPSA) is 42.2 Å². The fraction of sp³-hybridized carbons (Fsp3) is 0.571. The van der Waals surface area contributed by atoms with Crippen LogP contribution in [-0.4, -0.2) is 27.5 Å². The number of likely N-dealkylation sites (tertiary alicyclic amines) is 1. The van der Waals surface area contributed by atoms with Gasteiger partial charge in [-0.15, -0.1) is 0 Å². The van der Waals surface area contributed by atoms with Gasteiger partial charge in [0.15, 0.2) is 0 Å². The Morgan fingerprint density at radius 1 is 1.56 bits per heavy atom. The first kappa shape index (κ1) is 13.4. The number of rotatable bonds is 3. The summed E-state index contributed by atoms with van der Waals surface area (Å²) in [5.41, 5.74) is 7.65. The summed E-state index contributed by atoms with van der Waals surface area (Å²) in [6.45, 7) is 6.68. The molecule has 0 aromatic carbocycles. The Labute approximate surface area is 114 Å². The molecule has 0 saturated carbocycles. The van der Waals surface area contributed by atoms with Crippen LogP contribution in [0.3, 0.4) is 0 Å². The van der Waals surface area contributed by atoms with Crippen LogP contribution in [0.2, 0.25) is 0 Å². The van der Waals surface area contributed by atoms with Gasteiger partial charge in [0.05, 0.1) is 0 Å². The molecular formula is C14H21N3S. The van der Waals surface area contributed by atoms with E-state index in [1.54, 1.807) is 6.20 Å². The third-order valence-corrected chi connectivity index (χ3v) is 4.20. The Balaban J connectivity index is 2.16. The largest absolute Gasteiger partial charge is 0.388 e. The molecule has 2 heterocycles. The summed E-state index contributed by atoms with van der Waals surface area (Å²) in [7, 11) is 0. The quantitative estimate of drug-likeness (QED) is 0.850. The van der Waals surface area contributed by atoms with Crippen LogP contribution in [0.25, 0.3) is 0 Å². The summed E-state index contributed by atoms with van der Waals surface area (Å²) in [5.74, 6) is 0.753. The molecule has 2 rings (SSSR count). The van der Waals surface area contributed by atoms with E-state index in [4.69, 9.17) is 18.0 Å². The number of hydrogen-bond donors (Lipinski definition) is 1. The molecule has 2 atom stereocenters. The molecule has 0 bridgehead atoms. The second-order valence-electron chi connectivity index (χ2n) is 5.21. The van der Waals surface area contributed by atoms with Crippen LogP contribution < -0.4 is 5.73 Å². The van der Waals surface area contributed by atoms with Gasteiger partial charge in [0.25, 0.3) is 0 Å². The van der Waals surface area contributed by atoms with Crippen LogP contribution in [0.15, 0.2) is 18.3 Å². The number of aromatic nitrogens is 1. The molecule has 0 radical (unpaired) electrons. The molecule has 0 spiro atoms. The third-order valence-electron chi connectivity index (χ3n) is 4.00. The summed E-state index contributed by atoms with van der Waals surface area (Å²) < 4.78 is 0. The predicted molar refractivity (Wildman–Crippen MR) is 78.4 cm³/mol. The molecule has 1 fully saturated rings. The van der Waals surface area contributed by atoms with Crippen molar-refractivity contribution in [1.29, 1.82) is 0 Å². The SMILES string of the molecule is CC1CCCN(Cc2cccnc2C(N)=S)C1C. The van der Waals surface area contributed by atoms with Gasteiger partial charge in [-0.05, 0) is 43.9 Å². The van der Waals surface area contributed by atoms with Crippen molar-refractivity contribution in [3.8, 4) is 0 Å². The van der Waals surface area contributed by atoms with E-state index in [1.165, 1.54) is 12.8 Å². The van der Waals surface area contributed by atoms with Crippen LogP contribution in [0.5, 0.6) is 0 Å². The second-order valence-corrected chi connectivity index (χ2v) is 5.65. The van der Waals surface area contributed by atoms with E-state index >= 15 is 0 Å². The maximum Gasteiger partial charge on any atom is 0.123 e. The molecule has 1 saturated heterocycles. The van der Waals surface area contributed by atoms with E-state index in [2.05, 4.69) is 29.8 Å². The first-order valence-corrected chi connectivity index (χ1v) is 6.98. The monoisotopic (exact) mass is 263 g/mol. The number of pyridine rings is 1. The summed E-state index contributed by atoms with van der Waals surface area (Å²) in [4.78, 5) is 7.19. The average Bonchev–Trinajstić information content (AvgIpc) is 2.35. The lowest BCUT2D eigenvalue weighted by Gasteiger charge is -2.38. The van der Waals surface area contributed by atoms with Crippen LogP contribution in [0.1, 0.15) is 37.9 Å². The maximum atomic E-state index is 5.73. The zero-order valence-corrected chi connectivity index (χ0v) is 11.9. The van der Waals surface area contributed by atoms with E-state index in [0.29, 0.717) is 11.0 Å². The Morgan fingerprint density at radius 2 is 2.33 bits per heavy atom. The Morgan fingerprint density at radius 3 is 3.06 bits per heavy atom. The second kappa shape index (κ2) is 5.76. The van der Waals surface area contributed by atoms with Crippen molar-refractivity contribution in [2.75, 3.05) is 6.54 Å². The van der Waals surface area contributed by atoms with Gasteiger partial charge < -0.3 is 5.73 Å². The molecule has 2 unspecified atom stereocenters. The maximum absolute atomic E-state index is 5.73. The minimum Gasteiger partial charge on any atom is -0.388 e. The lowest BCUT2D eigenvalue weighted by molar-refractivity contribution is 0.106. The van der Waals surface area contributed by atoms with Gasteiger partial charge in [0.2, 0.25) is 0 Å². The molecule has 0 aliphatic carbocycles. The molecule has 2 N–H and O–H groups in total. The lowest BCUT2D eigenvalue weighted by Crippen LogP contribution is -2.42. The molecule has 4 heteroatoms. The van der Waals surface area contributed by atoms with Crippen molar-refractivity contribution >= 4 is 17.2 Å². The van der Waals surface area contributed by atoms with Crippen molar-refractivity contribution in [2.24, 2.45) is 11.7 Å². The van der Waals surface area contributed by atoms with Crippen molar-refractivity contribution < 1.29 is 0 Å². The van der Waals surface area contributed by atoms with Gasteiger partial charge in [-0.1, -0.05) is 25.2 Å². The van der Waals surface area contributed by atoms with Gasteiger partial charge in [0, 0.05) is 18.8 Å². The standard InChI is InChI=1S/C14H21N3S/c1-10-5-4-8-17(11(10)2)9-12-6-3-7-16-13(12)14(15)18/h3,6-7,10-11H,4-5,8-9H2,1-2H3,(H2,15,18). The molecular weight excluding hydrogens is 242 g/mol. The van der Waals surface area contributed by atoms with Crippen molar-refractivity contribution in [3.05, 3.63) is 29.6 Å². The van der Waals surface area contributed by atoms with Gasteiger partial charge >= 0.3 is 0 Å². The van der Waals surface area contributed by atoms with Crippen LogP contribution >= 0.6 is 12.2 Å². The van der Waals surface area contributed by atoms with Gasteiger partial charge in [-0.3, -0.25) is 9.88 Å². The van der Waals surface area contributed by atoms with E-state index in [1.807, 2.05) is 6.07 Å². The lowest BCUT2D eigenvalue weighted by atomic mass is 9.91. The summed E-state index contributed by atoms with van der Waals surface area (Å²) in [6, 6.07) is 4.64. The van der Waals surface area contributed by atoms with E-state index in [0.717, 1.165) is 30.3 Å². The van der Waals surface area contributed by atoms with Crippen molar-refractivity contribution in [2.45, 2.75) is 39.3 Å². The van der Waals surface area contributed by atoms with Gasteiger partial charge in [0.1, 0.15) is 10.7 Å². The molecule has 1 aliphatic heterocycles. The highest BCUT2D eigenvalue weighted by atomic mass is 32.1. The van der Waals surface area contributed by atoms with Gasteiger partial charge in [-0.25, -0.2) is 0 Å². The molecule has 3 nitrogen and oxygen atoms in total. The van der Waals surface area contributed by atoms with E-state index < -0.39 is 0 Å². The zero-order valence-electron chi connectivity index (χ0n) is 11.1. The molecule has 1 aromatic heterocycles. The third kappa shape index (κ3) is 2.87. The molecule has 1 aromatic rings. The Hall–Kier alpha value is -1.00. The highest BCUT2D eigenvalue weighted by Gasteiger charge is 2.25. The fourth-order valence-electron chi connectivity index (χ4n) is 2.65. The first-order valence-electron chi connectivity index (χ1n) is 6.57. The molecule has 18 heavy (non-hydrogen) atoms. The summed E-state index contributed by atoms with van der Waals surface area (Å²) in [6.07, 6.45) is 4.35. The minimum absolute atomic E-state index is 0.392. The highest BCUT2D eigenvalue weighted by molar-refractivity contribution is 7.80. The predicted octanol–water partition coefficient (Wildman–Crippen LogP) is 2.34.